The normalized spacial score (nSPS) is 11.9. The average Bonchev–Trinajstić information content (AvgIpc) is 3.31. The zero-order valence-corrected chi connectivity index (χ0v) is 19.7. The molecule has 0 unspecified atom stereocenters. The van der Waals surface area contributed by atoms with Gasteiger partial charge in [-0.25, -0.2) is 12.4 Å². The maximum absolute atomic E-state index is 13.5. The van der Waals surface area contributed by atoms with Gasteiger partial charge in [0.1, 0.15) is 5.52 Å². The van der Waals surface area contributed by atoms with Crippen LogP contribution in [0.5, 0.6) is 0 Å². The van der Waals surface area contributed by atoms with Gasteiger partial charge in [0.2, 0.25) is 0 Å². The van der Waals surface area contributed by atoms with Gasteiger partial charge in [0.15, 0.2) is 0 Å². The van der Waals surface area contributed by atoms with Crippen molar-refractivity contribution in [2.45, 2.75) is 17.7 Å². The first-order valence-corrected chi connectivity index (χ1v) is 12.4. The van der Waals surface area contributed by atoms with Gasteiger partial charge < -0.3 is 4.57 Å². The van der Waals surface area contributed by atoms with Crippen molar-refractivity contribution in [3.63, 3.8) is 0 Å². The Labute approximate surface area is 198 Å². The monoisotopic (exact) mass is 468 g/mol. The van der Waals surface area contributed by atoms with Gasteiger partial charge in [-0.1, -0.05) is 78.4 Å². The minimum Gasteiger partial charge on any atom is -0.316 e. The van der Waals surface area contributed by atoms with Crippen LogP contribution in [0.15, 0.2) is 113 Å². The van der Waals surface area contributed by atoms with E-state index < -0.39 is 10.0 Å². The van der Waals surface area contributed by atoms with Crippen molar-refractivity contribution in [2.24, 2.45) is 7.05 Å². The third kappa shape index (κ3) is 3.66. The Bertz CT molecular complexity index is 1590. The van der Waals surface area contributed by atoms with Crippen LogP contribution >= 0.6 is 0 Å². The largest absolute Gasteiger partial charge is 0.316 e. The van der Waals surface area contributed by atoms with E-state index in [1.54, 1.807) is 37.4 Å². The van der Waals surface area contributed by atoms with E-state index in [1.165, 1.54) is 10.8 Å². The van der Waals surface area contributed by atoms with Crippen LogP contribution in [0.1, 0.15) is 28.2 Å². The first-order valence-electron chi connectivity index (χ1n) is 11.0. The topological polar surface area (TPSA) is 61.1 Å². The van der Waals surface area contributed by atoms with Gasteiger partial charge in [0.05, 0.1) is 4.90 Å². The van der Waals surface area contributed by atoms with E-state index >= 15 is 0 Å². The molecule has 0 bridgehead atoms. The Hall–Kier alpha value is -3.90. The van der Waals surface area contributed by atoms with Crippen molar-refractivity contribution in [1.29, 1.82) is 0 Å². The van der Waals surface area contributed by atoms with Gasteiger partial charge in [0.25, 0.3) is 15.6 Å². The first-order chi connectivity index (χ1) is 16.4. The second kappa shape index (κ2) is 8.47. The minimum absolute atomic E-state index is 0.144. The van der Waals surface area contributed by atoms with Crippen molar-refractivity contribution in [1.82, 2.24) is 8.54 Å². The lowest BCUT2D eigenvalue weighted by atomic mass is 9.84. The number of benzene rings is 3. The SMILES string of the molecule is Cc1ccc(S(=O)(=O)n2ccc3c(C(c4ccccc4)c4ccccc4)cn(C)c(=O)c32)cc1. The molecule has 5 rings (SSSR count). The van der Waals surface area contributed by atoms with E-state index in [-0.39, 0.29) is 21.9 Å². The molecular formula is C28H24N2O3S. The van der Waals surface area contributed by atoms with Crippen LogP contribution < -0.4 is 5.56 Å². The Morgan fingerprint density at radius 3 is 1.88 bits per heavy atom. The molecule has 0 spiro atoms. The van der Waals surface area contributed by atoms with Crippen LogP contribution in [0.2, 0.25) is 0 Å². The van der Waals surface area contributed by atoms with Gasteiger partial charge >= 0.3 is 0 Å². The maximum Gasteiger partial charge on any atom is 0.275 e. The molecule has 0 N–H and O–H groups in total. The lowest BCUT2D eigenvalue weighted by Gasteiger charge is -2.21. The fourth-order valence-corrected chi connectivity index (χ4v) is 5.80. The van der Waals surface area contributed by atoms with E-state index in [9.17, 15) is 13.2 Å². The summed E-state index contributed by atoms with van der Waals surface area (Å²) in [5.74, 6) is -0.172. The Morgan fingerprint density at radius 2 is 1.32 bits per heavy atom. The molecule has 6 heteroatoms. The summed E-state index contributed by atoms with van der Waals surface area (Å²) in [5, 5.41) is 0.622. The molecule has 0 aliphatic rings. The van der Waals surface area contributed by atoms with Gasteiger partial charge in [-0.3, -0.25) is 4.79 Å². The van der Waals surface area contributed by atoms with Crippen molar-refractivity contribution in [3.05, 3.63) is 136 Å². The molecule has 0 fully saturated rings. The molecule has 0 saturated carbocycles. The van der Waals surface area contributed by atoms with Crippen LogP contribution in [0, 0.1) is 6.92 Å². The van der Waals surface area contributed by atoms with E-state index in [4.69, 9.17) is 0 Å². The van der Waals surface area contributed by atoms with Gasteiger partial charge in [-0.2, -0.15) is 0 Å². The van der Waals surface area contributed by atoms with Crippen molar-refractivity contribution >= 4 is 20.9 Å². The zero-order chi connectivity index (χ0) is 23.9. The Balaban J connectivity index is 1.80. The fraction of sp³-hybridized carbons (Fsp3) is 0.107. The van der Waals surface area contributed by atoms with E-state index in [1.807, 2.05) is 49.5 Å². The second-order valence-electron chi connectivity index (χ2n) is 8.45. The number of aryl methyl sites for hydroxylation is 2. The number of hydrogen-bond donors (Lipinski definition) is 0. The Kier molecular flexibility index (Phi) is 5.46. The van der Waals surface area contributed by atoms with Crippen molar-refractivity contribution in [2.75, 3.05) is 0 Å². The molecule has 2 heterocycles. The summed E-state index contributed by atoms with van der Waals surface area (Å²) in [4.78, 5) is 13.4. The van der Waals surface area contributed by atoms with E-state index in [2.05, 4.69) is 24.3 Å². The highest BCUT2D eigenvalue weighted by Gasteiger charge is 2.26. The highest BCUT2D eigenvalue weighted by Crippen LogP contribution is 2.36. The Morgan fingerprint density at radius 1 is 0.765 bits per heavy atom. The molecule has 5 aromatic rings. The molecule has 0 aliphatic heterocycles. The lowest BCUT2D eigenvalue weighted by molar-refractivity contribution is 0.589. The van der Waals surface area contributed by atoms with Gasteiger partial charge in [0, 0.05) is 30.7 Å². The van der Waals surface area contributed by atoms with Gasteiger partial charge in [-0.15, -0.1) is 0 Å². The van der Waals surface area contributed by atoms with E-state index in [0.29, 0.717) is 5.39 Å². The average molecular weight is 469 g/mol. The van der Waals surface area contributed by atoms with Crippen LogP contribution in [-0.2, 0) is 17.1 Å². The molecule has 0 saturated heterocycles. The summed E-state index contributed by atoms with van der Waals surface area (Å²) >= 11 is 0. The van der Waals surface area contributed by atoms with Crippen LogP contribution in [0.3, 0.4) is 0 Å². The predicted octanol–water partition coefficient (Wildman–Crippen LogP) is 5.07. The number of rotatable bonds is 5. The standard InChI is InChI=1S/C28H24N2O3S/c1-20-13-15-23(16-14-20)34(32,33)30-18-17-24-25(19-29(2)28(31)27(24)30)26(21-9-5-3-6-10-21)22-11-7-4-8-12-22/h3-19,26H,1-2H3. The molecule has 34 heavy (non-hydrogen) atoms. The molecule has 0 amide bonds. The third-order valence-corrected chi connectivity index (χ3v) is 7.86. The molecule has 0 atom stereocenters. The number of fused-ring (bicyclic) bond motifs is 1. The summed E-state index contributed by atoms with van der Waals surface area (Å²) < 4.78 is 29.6. The van der Waals surface area contributed by atoms with Crippen LogP contribution in [0.25, 0.3) is 10.9 Å². The van der Waals surface area contributed by atoms with Gasteiger partial charge in [-0.05, 0) is 41.8 Å². The molecule has 0 radical (unpaired) electrons. The van der Waals surface area contributed by atoms with Crippen molar-refractivity contribution in [3.8, 4) is 0 Å². The predicted molar refractivity (Wildman–Crippen MR) is 135 cm³/mol. The maximum atomic E-state index is 13.5. The molecule has 170 valence electrons. The molecule has 3 aromatic carbocycles. The number of nitrogens with zero attached hydrogens (tertiary/aromatic N) is 2. The molecule has 5 nitrogen and oxygen atoms in total. The number of pyridine rings is 1. The number of hydrogen-bond acceptors (Lipinski definition) is 3. The summed E-state index contributed by atoms with van der Waals surface area (Å²) in [6.45, 7) is 1.90. The molecule has 2 aromatic heterocycles. The summed E-state index contributed by atoms with van der Waals surface area (Å²) in [7, 11) is -2.29. The quantitative estimate of drug-likeness (QED) is 0.362. The third-order valence-electron chi connectivity index (χ3n) is 6.17. The van der Waals surface area contributed by atoms with Crippen LogP contribution in [-0.4, -0.2) is 17.0 Å². The highest BCUT2D eigenvalue weighted by atomic mass is 32.2. The molecular weight excluding hydrogens is 444 g/mol. The molecule has 0 aliphatic carbocycles. The summed E-state index contributed by atoms with van der Waals surface area (Å²) in [6.07, 6.45) is 3.30. The first kappa shape index (κ1) is 21.9. The summed E-state index contributed by atoms with van der Waals surface area (Å²) in [5.41, 5.74) is 3.73. The smallest absolute Gasteiger partial charge is 0.275 e. The summed E-state index contributed by atoms with van der Waals surface area (Å²) in [6, 6.07) is 28.4. The van der Waals surface area contributed by atoms with Crippen LogP contribution in [0.4, 0.5) is 0 Å². The number of aromatic nitrogens is 2. The lowest BCUT2D eigenvalue weighted by Crippen LogP contribution is -2.23. The van der Waals surface area contributed by atoms with Crippen molar-refractivity contribution < 1.29 is 8.42 Å². The fourth-order valence-electron chi connectivity index (χ4n) is 4.46. The zero-order valence-electron chi connectivity index (χ0n) is 18.9. The van der Waals surface area contributed by atoms with E-state index in [0.717, 1.165) is 26.2 Å². The minimum atomic E-state index is -3.95. The second-order valence-corrected chi connectivity index (χ2v) is 10.3. The highest BCUT2D eigenvalue weighted by molar-refractivity contribution is 7.90.